The van der Waals surface area contributed by atoms with E-state index in [4.69, 9.17) is 4.74 Å². The second-order valence-corrected chi connectivity index (χ2v) is 19.6. The van der Waals surface area contributed by atoms with E-state index in [1.807, 2.05) is 6.92 Å². The summed E-state index contributed by atoms with van der Waals surface area (Å²) in [4.78, 5) is 13.0. The van der Waals surface area contributed by atoms with Crippen LogP contribution in [-0.4, -0.2) is 30.3 Å². The summed E-state index contributed by atoms with van der Waals surface area (Å²) in [6.07, 6.45) is 13.0. The van der Waals surface area contributed by atoms with Crippen molar-refractivity contribution >= 4 is 32.0 Å². The average molecular weight is 412 g/mol. The van der Waals surface area contributed by atoms with Crippen LogP contribution in [0.15, 0.2) is 0 Å². The van der Waals surface area contributed by atoms with E-state index in [2.05, 4.69) is 28.7 Å². The molecule has 0 N–H and O–H groups in total. The van der Waals surface area contributed by atoms with Crippen molar-refractivity contribution in [2.24, 2.45) is 0 Å². The molecule has 2 saturated carbocycles. The first-order chi connectivity index (χ1) is 9.49. The normalized spacial score (nSPS) is 24.9. The Hall–Kier alpha value is 0.630. The van der Waals surface area contributed by atoms with Crippen LogP contribution < -0.4 is 0 Å². The van der Waals surface area contributed by atoms with E-state index >= 15 is 0 Å². The van der Waals surface area contributed by atoms with Gasteiger partial charge in [0, 0.05) is 0 Å². The van der Waals surface area contributed by atoms with Gasteiger partial charge in [-0.2, -0.15) is 0 Å². The first-order valence-electron chi connectivity index (χ1n) is 8.39. The fourth-order valence-electron chi connectivity index (χ4n) is 4.31. The van der Waals surface area contributed by atoms with E-state index < -0.39 is 4.25 Å². The molecule has 20 heavy (non-hydrogen) atoms. The summed E-state index contributed by atoms with van der Waals surface area (Å²) in [7, 11) is 0. The van der Waals surface area contributed by atoms with Gasteiger partial charge in [0.15, 0.2) is 0 Å². The number of hydrogen-bond donors (Lipinski definition) is 0. The summed E-state index contributed by atoms with van der Waals surface area (Å²) in [5.41, 5.74) is 1.44. The summed E-state index contributed by atoms with van der Waals surface area (Å²) >= 11 is 2.65. The summed E-state index contributed by atoms with van der Waals surface area (Å²) in [5, 5.41) is 0. The molecule has 2 rings (SSSR count). The van der Waals surface area contributed by atoms with Gasteiger partial charge in [0.1, 0.15) is 0 Å². The van der Waals surface area contributed by atoms with Crippen LogP contribution in [-0.2, 0) is 4.74 Å². The molecule has 0 amide bonds. The van der Waals surface area contributed by atoms with Crippen LogP contribution in [0.1, 0.15) is 71.1 Å². The van der Waals surface area contributed by atoms with Crippen LogP contribution >= 0.6 is 26.3 Å². The van der Waals surface area contributed by atoms with Crippen molar-refractivity contribution in [3.8, 4) is 0 Å². The third-order valence-corrected chi connectivity index (χ3v) is 17.3. The molecular formula is C16H30IO2P. The van der Waals surface area contributed by atoms with E-state index in [0.29, 0.717) is 17.9 Å². The molecule has 0 spiro atoms. The van der Waals surface area contributed by atoms with Crippen molar-refractivity contribution in [1.82, 2.24) is 0 Å². The van der Waals surface area contributed by atoms with Gasteiger partial charge in [-0.3, -0.25) is 0 Å². The van der Waals surface area contributed by atoms with E-state index in [-0.39, 0.29) is 5.71 Å². The minimum absolute atomic E-state index is 0.192. The van der Waals surface area contributed by atoms with Crippen LogP contribution in [0.2, 0.25) is 0 Å². The molecular weight excluding hydrogens is 382 g/mol. The fraction of sp³-hybridized carbons (Fsp3) is 0.938. The molecule has 2 fully saturated rings. The molecule has 0 aromatic heterocycles. The third kappa shape index (κ3) is 3.04. The molecule has 0 bridgehead atoms. The van der Waals surface area contributed by atoms with Crippen molar-refractivity contribution in [1.29, 1.82) is 0 Å². The Bertz CT molecular complexity index is 322. The molecule has 0 aromatic carbocycles. The molecule has 118 valence electrons. The first-order valence-corrected chi connectivity index (χ1v) is 14.0. The van der Waals surface area contributed by atoms with Crippen LogP contribution in [0.4, 0.5) is 4.79 Å². The summed E-state index contributed by atoms with van der Waals surface area (Å²) < 4.78 is 3.17. The first kappa shape index (κ1) is 17.0. The molecule has 2 nitrogen and oxygen atoms in total. The maximum atomic E-state index is 13.0. The number of halogens is 1. The van der Waals surface area contributed by atoms with Gasteiger partial charge in [-0.1, -0.05) is 0 Å². The van der Waals surface area contributed by atoms with Crippen LogP contribution in [0, 0.1) is 0 Å². The van der Waals surface area contributed by atoms with Crippen molar-refractivity contribution in [3.63, 3.8) is 0 Å². The van der Waals surface area contributed by atoms with E-state index in [1.165, 1.54) is 64.2 Å². The summed E-state index contributed by atoms with van der Waals surface area (Å²) in [5.74, 6) is 0. The zero-order chi connectivity index (χ0) is 14.7. The van der Waals surface area contributed by atoms with Gasteiger partial charge in [-0.15, -0.1) is 0 Å². The Kier molecular flexibility index (Phi) is 5.79. The molecule has 2 aliphatic carbocycles. The topological polar surface area (TPSA) is 26.3 Å². The third-order valence-electron chi connectivity index (χ3n) is 5.67. The van der Waals surface area contributed by atoms with Crippen molar-refractivity contribution in [2.75, 3.05) is 13.3 Å². The fourth-order valence-corrected chi connectivity index (χ4v) is 13.0. The van der Waals surface area contributed by atoms with E-state index in [1.54, 1.807) is 0 Å². The second-order valence-electron chi connectivity index (χ2n) is 6.88. The minimum atomic E-state index is -2.46. The number of rotatable bonds is 4. The van der Waals surface area contributed by atoms with Gasteiger partial charge in [0.25, 0.3) is 0 Å². The molecule has 2 aliphatic rings. The molecule has 0 unspecified atom stereocenters. The van der Waals surface area contributed by atoms with Crippen molar-refractivity contribution in [2.45, 2.75) is 82.4 Å². The SMILES string of the molecule is CCOC(=O)P(C)(I)(C1CCCCC1)C1CCCCC1. The number of carbonyl (C=O) groups excluding carboxylic acids is 1. The van der Waals surface area contributed by atoms with Gasteiger partial charge in [-0.05, 0) is 0 Å². The Morgan fingerprint density at radius 3 is 1.75 bits per heavy atom. The van der Waals surface area contributed by atoms with E-state index in [9.17, 15) is 4.79 Å². The van der Waals surface area contributed by atoms with Crippen LogP contribution in [0.5, 0.6) is 0 Å². The Morgan fingerprint density at radius 2 is 1.40 bits per heavy atom. The van der Waals surface area contributed by atoms with Gasteiger partial charge in [0.2, 0.25) is 0 Å². The van der Waals surface area contributed by atoms with Gasteiger partial charge in [-0.25, -0.2) is 0 Å². The Balaban J connectivity index is 2.31. The van der Waals surface area contributed by atoms with Crippen LogP contribution in [0.3, 0.4) is 0 Å². The van der Waals surface area contributed by atoms with Gasteiger partial charge >= 0.3 is 137 Å². The predicted octanol–water partition coefficient (Wildman–Crippen LogP) is 6.34. The summed E-state index contributed by atoms with van der Waals surface area (Å²) in [6.45, 7) is 4.84. The molecule has 4 heteroatoms. The predicted molar refractivity (Wildman–Crippen MR) is 97.6 cm³/mol. The standard InChI is InChI=1S/C16H30IO2P/c1-3-19-16(18)20(2,17,14-10-6-4-7-11-14)15-12-8-5-9-13-15/h14-15H,3-13H2,1-2H3. The molecule has 0 aliphatic heterocycles. The van der Waals surface area contributed by atoms with Crippen molar-refractivity contribution < 1.29 is 9.53 Å². The zero-order valence-electron chi connectivity index (χ0n) is 13.1. The number of carbonyl (C=O) groups is 1. The van der Waals surface area contributed by atoms with Crippen LogP contribution in [0.25, 0.3) is 0 Å². The molecule has 0 radical (unpaired) electrons. The average Bonchev–Trinajstić information content (AvgIpc) is 2.49. The Labute approximate surface area is 137 Å². The van der Waals surface area contributed by atoms with Crippen molar-refractivity contribution in [3.05, 3.63) is 0 Å². The zero-order valence-corrected chi connectivity index (χ0v) is 16.1. The second kappa shape index (κ2) is 6.81. The molecule has 0 atom stereocenters. The van der Waals surface area contributed by atoms with Gasteiger partial charge < -0.3 is 0 Å². The maximum absolute atomic E-state index is 13.0. The monoisotopic (exact) mass is 412 g/mol. The quantitative estimate of drug-likeness (QED) is 0.398. The molecule has 0 aromatic rings. The Morgan fingerprint density at radius 1 is 1.00 bits per heavy atom. The summed E-state index contributed by atoms with van der Waals surface area (Å²) in [6, 6.07) is 0. The van der Waals surface area contributed by atoms with Gasteiger partial charge in [0.05, 0.1) is 0 Å². The number of ether oxygens (including phenoxy) is 1. The van der Waals surface area contributed by atoms with E-state index in [0.717, 1.165) is 0 Å². The number of hydrogen-bond acceptors (Lipinski definition) is 2. The molecule has 0 saturated heterocycles. The molecule has 0 heterocycles.